The number of aliphatic hydroxyl groups is 4. The Kier molecular flexibility index (Phi) is 6.15. The molecule has 2 aromatic carbocycles. The van der Waals surface area contributed by atoms with Gasteiger partial charge in [0.05, 0.1) is 13.7 Å². The quantitative estimate of drug-likeness (QED) is 0.302. The fourth-order valence-corrected chi connectivity index (χ4v) is 3.61. The molecule has 1 aliphatic rings. The van der Waals surface area contributed by atoms with E-state index < -0.39 is 54.2 Å². The van der Waals surface area contributed by atoms with Crippen LogP contribution in [0.15, 0.2) is 45.6 Å². The highest BCUT2D eigenvalue weighted by Crippen LogP contribution is 2.41. The van der Waals surface area contributed by atoms with E-state index in [1.54, 1.807) is 12.1 Å². The molecule has 11 heteroatoms. The van der Waals surface area contributed by atoms with Gasteiger partial charge >= 0.3 is 0 Å². The van der Waals surface area contributed by atoms with Crippen LogP contribution < -0.4 is 14.9 Å². The third kappa shape index (κ3) is 4.08. The maximum absolute atomic E-state index is 12.6. The largest absolute Gasteiger partial charge is 0.504 e. The zero-order chi connectivity index (χ0) is 23.9. The number of aliphatic hydroxyl groups excluding tert-OH is 4. The molecule has 1 aromatic heterocycles. The zero-order valence-electron chi connectivity index (χ0n) is 17.3. The van der Waals surface area contributed by atoms with Crippen molar-refractivity contribution in [2.45, 2.75) is 30.7 Å². The van der Waals surface area contributed by atoms with E-state index in [0.29, 0.717) is 5.56 Å². The SMILES string of the molecule is COc1c(O)cc2oc(-c3ccc(O[C@H]4O[C@H](CO)[C@@H](O)[C@H](O)[C@H]4O)cc3)cc(=O)c2c1O. The van der Waals surface area contributed by atoms with Crippen LogP contribution in [0, 0.1) is 0 Å². The Morgan fingerprint density at radius 3 is 2.33 bits per heavy atom. The molecule has 33 heavy (non-hydrogen) atoms. The van der Waals surface area contributed by atoms with Gasteiger partial charge in [0.25, 0.3) is 0 Å². The molecule has 0 aliphatic carbocycles. The fourth-order valence-electron chi connectivity index (χ4n) is 3.61. The Labute approximate surface area is 186 Å². The number of phenols is 2. The Morgan fingerprint density at radius 1 is 1.00 bits per heavy atom. The maximum atomic E-state index is 12.6. The third-order valence-corrected chi connectivity index (χ3v) is 5.37. The van der Waals surface area contributed by atoms with E-state index in [2.05, 4.69) is 0 Å². The smallest absolute Gasteiger partial charge is 0.229 e. The lowest BCUT2D eigenvalue weighted by Crippen LogP contribution is -2.60. The van der Waals surface area contributed by atoms with Gasteiger partial charge in [0.15, 0.2) is 16.9 Å². The molecule has 176 valence electrons. The molecule has 2 heterocycles. The third-order valence-electron chi connectivity index (χ3n) is 5.37. The number of hydrogen-bond donors (Lipinski definition) is 6. The summed E-state index contributed by atoms with van der Waals surface area (Å²) < 4.78 is 21.4. The average Bonchev–Trinajstić information content (AvgIpc) is 2.79. The first-order valence-electron chi connectivity index (χ1n) is 9.89. The lowest BCUT2D eigenvalue weighted by atomic mass is 9.99. The molecule has 0 radical (unpaired) electrons. The van der Waals surface area contributed by atoms with Gasteiger partial charge in [-0.3, -0.25) is 4.79 Å². The Morgan fingerprint density at radius 2 is 1.70 bits per heavy atom. The van der Waals surface area contributed by atoms with Gasteiger partial charge in [0, 0.05) is 17.7 Å². The summed E-state index contributed by atoms with van der Waals surface area (Å²) in [7, 11) is 1.24. The van der Waals surface area contributed by atoms with Gasteiger partial charge in [-0.25, -0.2) is 0 Å². The van der Waals surface area contributed by atoms with Crippen LogP contribution in [0.3, 0.4) is 0 Å². The summed E-state index contributed by atoms with van der Waals surface area (Å²) in [6.45, 7) is -0.582. The van der Waals surface area contributed by atoms with Crippen molar-refractivity contribution in [2.24, 2.45) is 0 Å². The van der Waals surface area contributed by atoms with Crippen molar-refractivity contribution in [3.63, 3.8) is 0 Å². The molecule has 0 saturated carbocycles. The lowest BCUT2D eigenvalue weighted by molar-refractivity contribution is -0.277. The molecule has 0 spiro atoms. The molecule has 1 fully saturated rings. The molecule has 3 aromatic rings. The van der Waals surface area contributed by atoms with E-state index >= 15 is 0 Å². The van der Waals surface area contributed by atoms with Crippen molar-refractivity contribution >= 4 is 11.0 Å². The van der Waals surface area contributed by atoms with Crippen molar-refractivity contribution < 1.29 is 49.3 Å². The van der Waals surface area contributed by atoms with Crippen molar-refractivity contribution in [3.05, 3.63) is 46.6 Å². The summed E-state index contributed by atoms with van der Waals surface area (Å²) >= 11 is 0. The van der Waals surface area contributed by atoms with Gasteiger partial charge in [-0.2, -0.15) is 0 Å². The molecule has 5 atom stereocenters. The number of phenolic OH excluding ortho intramolecular Hbond substituents is 2. The summed E-state index contributed by atoms with van der Waals surface area (Å²) in [6, 6.07) is 8.41. The van der Waals surface area contributed by atoms with E-state index in [-0.39, 0.29) is 28.2 Å². The number of hydrogen-bond acceptors (Lipinski definition) is 11. The second-order valence-corrected chi connectivity index (χ2v) is 7.47. The summed E-state index contributed by atoms with van der Waals surface area (Å²) in [5, 5.41) is 59.1. The van der Waals surface area contributed by atoms with Gasteiger partial charge in [-0.15, -0.1) is 0 Å². The van der Waals surface area contributed by atoms with Gasteiger partial charge in [0.1, 0.15) is 46.9 Å². The molecule has 4 rings (SSSR count). The van der Waals surface area contributed by atoms with E-state index in [4.69, 9.17) is 18.6 Å². The first kappa shape index (κ1) is 22.8. The summed E-state index contributed by atoms with van der Waals surface area (Å²) in [5.41, 5.74) is -0.136. The van der Waals surface area contributed by atoms with Crippen LogP contribution in [-0.2, 0) is 4.74 Å². The van der Waals surface area contributed by atoms with Gasteiger partial charge < -0.3 is 49.3 Å². The van der Waals surface area contributed by atoms with Crippen LogP contribution in [0.1, 0.15) is 0 Å². The predicted molar refractivity (Wildman–Crippen MR) is 112 cm³/mol. The molecule has 1 saturated heterocycles. The highest BCUT2D eigenvalue weighted by molar-refractivity contribution is 5.89. The number of ether oxygens (including phenoxy) is 3. The monoisotopic (exact) mass is 462 g/mol. The molecule has 0 unspecified atom stereocenters. The second-order valence-electron chi connectivity index (χ2n) is 7.47. The Balaban J connectivity index is 1.60. The Bertz CT molecular complexity index is 1200. The van der Waals surface area contributed by atoms with E-state index in [0.717, 1.165) is 6.07 Å². The number of rotatable bonds is 5. The summed E-state index contributed by atoms with van der Waals surface area (Å²) in [5.74, 6) is -0.790. The first-order valence-corrected chi connectivity index (χ1v) is 9.89. The maximum Gasteiger partial charge on any atom is 0.229 e. The second kappa shape index (κ2) is 8.89. The van der Waals surface area contributed by atoms with Crippen molar-refractivity contribution in [1.82, 2.24) is 0 Å². The topological polar surface area (TPSA) is 179 Å². The number of fused-ring (bicyclic) bond motifs is 1. The molecular weight excluding hydrogens is 440 g/mol. The van der Waals surface area contributed by atoms with Crippen LogP contribution in [-0.4, -0.2) is 75.1 Å². The highest BCUT2D eigenvalue weighted by atomic mass is 16.7. The average molecular weight is 462 g/mol. The molecule has 11 nitrogen and oxygen atoms in total. The van der Waals surface area contributed by atoms with Crippen LogP contribution in [0.5, 0.6) is 23.0 Å². The minimum atomic E-state index is -1.57. The van der Waals surface area contributed by atoms with E-state index in [9.17, 15) is 35.4 Å². The van der Waals surface area contributed by atoms with Crippen molar-refractivity contribution in [3.8, 4) is 34.3 Å². The minimum Gasteiger partial charge on any atom is -0.504 e. The van der Waals surface area contributed by atoms with E-state index in [1.807, 2.05) is 0 Å². The standard InChI is InChI=1S/C22H22O11/c1-30-21-12(25)7-14-16(18(21)27)11(24)6-13(32-14)9-2-4-10(5-3-9)31-22-20(29)19(28)17(26)15(8-23)33-22/h2-7,15,17,19-20,22-23,25-29H,8H2,1H3/t15-,17-,19+,20-,22+/m1/s1. The van der Waals surface area contributed by atoms with Crippen LogP contribution in [0.2, 0.25) is 0 Å². The Hall–Kier alpha value is -3.35. The van der Waals surface area contributed by atoms with Crippen LogP contribution >= 0.6 is 0 Å². The van der Waals surface area contributed by atoms with Crippen LogP contribution in [0.25, 0.3) is 22.3 Å². The fraction of sp³-hybridized carbons (Fsp3) is 0.318. The highest BCUT2D eigenvalue weighted by Gasteiger charge is 2.44. The molecule has 6 N–H and O–H groups in total. The first-order chi connectivity index (χ1) is 15.7. The van der Waals surface area contributed by atoms with Gasteiger partial charge in [0.2, 0.25) is 12.0 Å². The van der Waals surface area contributed by atoms with Gasteiger partial charge in [-0.05, 0) is 24.3 Å². The number of methoxy groups -OCH3 is 1. The zero-order valence-corrected chi connectivity index (χ0v) is 17.3. The lowest BCUT2D eigenvalue weighted by Gasteiger charge is -2.39. The predicted octanol–water partition coefficient (Wildman–Crippen LogP) is 0.0585. The molecular formula is C22H22O11. The van der Waals surface area contributed by atoms with Crippen molar-refractivity contribution in [2.75, 3.05) is 13.7 Å². The number of benzene rings is 2. The molecule has 1 aliphatic heterocycles. The minimum absolute atomic E-state index is 0.0463. The van der Waals surface area contributed by atoms with Crippen molar-refractivity contribution in [1.29, 1.82) is 0 Å². The normalized spacial score (nSPS) is 25.2. The summed E-state index contributed by atoms with van der Waals surface area (Å²) in [6.07, 6.45) is -7.07. The number of aromatic hydroxyl groups is 2. The van der Waals surface area contributed by atoms with E-state index in [1.165, 1.54) is 25.3 Å². The van der Waals surface area contributed by atoms with Gasteiger partial charge in [-0.1, -0.05) is 0 Å². The molecule has 0 bridgehead atoms. The summed E-state index contributed by atoms with van der Waals surface area (Å²) in [4.78, 5) is 12.6. The van der Waals surface area contributed by atoms with Crippen LogP contribution in [0.4, 0.5) is 0 Å². The molecule has 0 amide bonds.